The molecule has 4 heteroatoms. The highest BCUT2D eigenvalue weighted by Crippen LogP contribution is 2.27. The molecule has 1 heterocycles. The van der Waals surface area contributed by atoms with Gasteiger partial charge in [-0.05, 0) is 60.9 Å². The van der Waals surface area contributed by atoms with Gasteiger partial charge in [0.2, 0.25) is 0 Å². The first-order valence-corrected chi connectivity index (χ1v) is 8.32. The van der Waals surface area contributed by atoms with E-state index in [1.54, 1.807) is 0 Å². The summed E-state index contributed by atoms with van der Waals surface area (Å²) in [5.41, 5.74) is 4.86. The number of hydrogen-bond acceptors (Lipinski definition) is 1. The molecule has 0 fully saturated rings. The lowest BCUT2D eigenvalue weighted by molar-refractivity contribution is 0.102. The van der Waals surface area contributed by atoms with Crippen LogP contribution in [0.4, 0.5) is 10.1 Å². The summed E-state index contributed by atoms with van der Waals surface area (Å²) in [6.45, 7) is 4.31. The molecule has 0 saturated heterocycles. The van der Waals surface area contributed by atoms with Gasteiger partial charge in [0.15, 0.2) is 0 Å². The minimum Gasteiger partial charge on any atom is -0.358 e. The monoisotopic (exact) mass is 324 g/mol. The summed E-state index contributed by atoms with van der Waals surface area (Å²) in [5, 5.41) is 4.05. The fourth-order valence-electron chi connectivity index (χ4n) is 3.02. The molecule has 0 aliphatic heterocycles. The van der Waals surface area contributed by atoms with E-state index >= 15 is 0 Å². The highest BCUT2D eigenvalue weighted by molar-refractivity contribution is 6.05. The number of carbonyl (C=O) groups excluding carboxylic acids is 1. The predicted molar refractivity (Wildman–Crippen MR) is 96.0 cm³/mol. The number of carbonyl (C=O) groups is 1. The summed E-state index contributed by atoms with van der Waals surface area (Å²) in [6.07, 6.45) is 3.05. The Morgan fingerprint density at radius 2 is 1.88 bits per heavy atom. The molecule has 3 aromatic rings. The molecule has 124 valence electrons. The molecule has 0 radical (unpaired) electrons. The number of fused-ring (bicyclic) bond motifs is 1. The summed E-state index contributed by atoms with van der Waals surface area (Å²) in [5.74, 6) is -0.589. The zero-order valence-electron chi connectivity index (χ0n) is 13.9. The molecule has 0 bridgehead atoms. The largest absolute Gasteiger partial charge is 0.358 e. The third kappa shape index (κ3) is 3.18. The lowest BCUT2D eigenvalue weighted by Gasteiger charge is -2.06. The van der Waals surface area contributed by atoms with Crippen molar-refractivity contribution in [1.29, 1.82) is 0 Å². The van der Waals surface area contributed by atoms with Gasteiger partial charge in [-0.25, -0.2) is 4.39 Å². The van der Waals surface area contributed by atoms with E-state index in [0.29, 0.717) is 5.56 Å². The third-order valence-corrected chi connectivity index (χ3v) is 4.21. The topological polar surface area (TPSA) is 44.9 Å². The Balaban J connectivity index is 1.91. The molecule has 3 nitrogen and oxygen atoms in total. The highest BCUT2D eigenvalue weighted by atomic mass is 19.1. The number of rotatable bonds is 5. The predicted octanol–water partition coefficient (Wildman–Crippen LogP) is 5.07. The number of anilines is 1. The maximum Gasteiger partial charge on any atom is 0.255 e. The second-order valence-corrected chi connectivity index (χ2v) is 5.91. The SMILES string of the molecule is CCCc1c(CC)[nH]c2ccc(NC(=O)c3ccc(F)cc3)cc12. The molecular formula is C20H21FN2O. The molecule has 0 aliphatic rings. The Labute approximate surface area is 140 Å². The maximum atomic E-state index is 13.0. The molecule has 0 atom stereocenters. The Morgan fingerprint density at radius 3 is 2.54 bits per heavy atom. The van der Waals surface area contributed by atoms with Crippen LogP contribution in [0.2, 0.25) is 0 Å². The minimum atomic E-state index is -0.350. The zero-order chi connectivity index (χ0) is 17.1. The van der Waals surface area contributed by atoms with E-state index in [4.69, 9.17) is 0 Å². The van der Waals surface area contributed by atoms with Crippen LogP contribution >= 0.6 is 0 Å². The van der Waals surface area contributed by atoms with Crippen LogP contribution in [0.25, 0.3) is 10.9 Å². The van der Waals surface area contributed by atoms with Crippen LogP contribution in [0.5, 0.6) is 0 Å². The molecule has 1 amide bonds. The van der Waals surface area contributed by atoms with Crippen LogP contribution in [0.3, 0.4) is 0 Å². The van der Waals surface area contributed by atoms with E-state index in [-0.39, 0.29) is 11.7 Å². The Bertz CT molecular complexity index is 865. The first-order chi connectivity index (χ1) is 11.6. The van der Waals surface area contributed by atoms with Gasteiger partial charge in [0, 0.05) is 27.8 Å². The molecule has 0 saturated carbocycles. The van der Waals surface area contributed by atoms with Crippen LogP contribution in [0, 0.1) is 5.82 Å². The second-order valence-electron chi connectivity index (χ2n) is 5.91. The van der Waals surface area contributed by atoms with Gasteiger partial charge in [-0.1, -0.05) is 20.3 Å². The van der Waals surface area contributed by atoms with Crippen molar-refractivity contribution in [1.82, 2.24) is 4.98 Å². The average molecular weight is 324 g/mol. The highest BCUT2D eigenvalue weighted by Gasteiger charge is 2.12. The third-order valence-electron chi connectivity index (χ3n) is 4.21. The summed E-state index contributed by atoms with van der Waals surface area (Å²) < 4.78 is 13.0. The molecule has 0 spiro atoms. The first-order valence-electron chi connectivity index (χ1n) is 8.32. The number of halogens is 1. The van der Waals surface area contributed by atoms with Crippen LogP contribution in [-0.2, 0) is 12.8 Å². The molecular weight excluding hydrogens is 303 g/mol. The number of aryl methyl sites for hydroxylation is 2. The smallest absolute Gasteiger partial charge is 0.255 e. The van der Waals surface area contributed by atoms with Gasteiger partial charge in [0.1, 0.15) is 5.82 Å². The molecule has 24 heavy (non-hydrogen) atoms. The molecule has 0 unspecified atom stereocenters. The lowest BCUT2D eigenvalue weighted by atomic mass is 10.0. The van der Waals surface area contributed by atoms with Crippen LogP contribution < -0.4 is 5.32 Å². The summed E-state index contributed by atoms with van der Waals surface area (Å²) in [7, 11) is 0. The van der Waals surface area contributed by atoms with Gasteiger partial charge in [-0.3, -0.25) is 4.79 Å². The van der Waals surface area contributed by atoms with Crippen LogP contribution in [0.1, 0.15) is 41.9 Å². The Kier molecular flexibility index (Phi) is 4.65. The van der Waals surface area contributed by atoms with Crippen molar-refractivity contribution in [3.63, 3.8) is 0 Å². The normalized spacial score (nSPS) is 11.0. The van der Waals surface area contributed by atoms with Gasteiger partial charge in [-0.2, -0.15) is 0 Å². The number of H-pyrrole nitrogens is 1. The number of hydrogen-bond donors (Lipinski definition) is 2. The lowest BCUT2D eigenvalue weighted by Crippen LogP contribution is -2.11. The number of aromatic nitrogens is 1. The van der Waals surface area contributed by atoms with Crippen molar-refractivity contribution >= 4 is 22.5 Å². The Hall–Kier alpha value is -2.62. The summed E-state index contributed by atoms with van der Waals surface area (Å²) in [4.78, 5) is 15.8. The van der Waals surface area contributed by atoms with Crippen LogP contribution in [-0.4, -0.2) is 10.9 Å². The maximum absolute atomic E-state index is 13.0. The van der Waals surface area contributed by atoms with Gasteiger partial charge in [0.25, 0.3) is 5.91 Å². The molecule has 0 aliphatic carbocycles. The first kappa shape index (κ1) is 16.2. The van der Waals surface area contributed by atoms with Crippen LogP contribution in [0.15, 0.2) is 42.5 Å². The van der Waals surface area contributed by atoms with Crippen molar-refractivity contribution in [3.05, 3.63) is 65.1 Å². The number of benzene rings is 2. The van der Waals surface area contributed by atoms with Crippen molar-refractivity contribution in [2.24, 2.45) is 0 Å². The van der Waals surface area contributed by atoms with Gasteiger partial charge in [0.05, 0.1) is 0 Å². The summed E-state index contributed by atoms with van der Waals surface area (Å²) in [6, 6.07) is 11.4. The molecule has 1 aromatic heterocycles. The van der Waals surface area contributed by atoms with Gasteiger partial charge >= 0.3 is 0 Å². The van der Waals surface area contributed by atoms with E-state index < -0.39 is 0 Å². The van der Waals surface area contributed by atoms with Crippen molar-refractivity contribution in [2.45, 2.75) is 33.1 Å². The quantitative estimate of drug-likeness (QED) is 0.676. The fourth-order valence-corrected chi connectivity index (χ4v) is 3.02. The number of nitrogens with one attached hydrogen (secondary N) is 2. The number of aromatic amines is 1. The van der Waals surface area contributed by atoms with E-state index in [1.165, 1.54) is 35.5 Å². The molecule has 2 N–H and O–H groups in total. The van der Waals surface area contributed by atoms with Gasteiger partial charge < -0.3 is 10.3 Å². The van der Waals surface area contributed by atoms with E-state index in [9.17, 15) is 9.18 Å². The number of amides is 1. The van der Waals surface area contributed by atoms with Crippen molar-refractivity contribution in [3.8, 4) is 0 Å². The van der Waals surface area contributed by atoms with Crippen molar-refractivity contribution < 1.29 is 9.18 Å². The molecule has 3 rings (SSSR count). The average Bonchev–Trinajstić information content (AvgIpc) is 2.93. The molecule has 2 aromatic carbocycles. The fraction of sp³-hybridized carbons (Fsp3) is 0.250. The van der Waals surface area contributed by atoms with E-state index in [1.807, 2.05) is 18.2 Å². The summed E-state index contributed by atoms with van der Waals surface area (Å²) >= 11 is 0. The van der Waals surface area contributed by atoms with E-state index in [0.717, 1.165) is 35.9 Å². The standard InChI is InChI=1S/C20H21FN2O/c1-3-5-16-17-12-15(10-11-19(17)23-18(16)4-2)22-20(24)13-6-8-14(21)9-7-13/h6-12,23H,3-5H2,1-2H3,(H,22,24). The van der Waals surface area contributed by atoms with Crippen molar-refractivity contribution in [2.75, 3.05) is 5.32 Å². The zero-order valence-corrected chi connectivity index (χ0v) is 13.9. The second kappa shape index (κ2) is 6.87. The minimum absolute atomic E-state index is 0.238. The Morgan fingerprint density at radius 1 is 1.12 bits per heavy atom. The van der Waals surface area contributed by atoms with E-state index in [2.05, 4.69) is 24.1 Å². The van der Waals surface area contributed by atoms with Gasteiger partial charge in [-0.15, -0.1) is 0 Å².